The molecule has 2 rings (SSSR count). The number of rotatable bonds is 2. The molecule has 1 unspecified atom stereocenters. The Kier molecular flexibility index (Phi) is 4.36. The predicted molar refractivity (Wildman–Crippen MR) is 67.8 cm³/mol. The van der Waals surface area contributed by atoms with E-state index in [0.29, 0.717) is 5.25 Å². The van der Waals surface area contributed by atoms with Crippen molar-refractivity contribution in [1.82, 2.24) is 5.32 Å². The molecule has 0 saturated carbocycles. The Morgan fingerprint density at radius 2 is 2.27 bits per heavy atom. The molecule has 1 atom stereocenters. The van der Waals surface area contributed by atoms with Crippen molar-refractivity contribution in [3.8, 4) is 0 Å². The summed E-state index contributed by atoms with van der Waals surface area (Å²) in [7, 11) is 0. The number of halogens is 1. The number of hydrogen-bond donors (Lipinski definition) is 1. The molecule has 1 nitrogen and oxygen atoms in total. The molecule has 1 aromatic carbocycles. The molecule has 1 aromatic rings. The van der Waals surface area contributed by atoms with E-state index < -0.39 is 0 Å². The summed E-state index contributed by atoms with van der Waals surface area (Å²) in [6.07, 6.45) is 3.96. The highest BCUT2D eigenvalue weighted by molar-refractivity contribution is 8.00. The minimum absolute atomic E-state index is 0.700. The second-order valence-electron chi connectivity index (χ2n) is 3.90. The first-order valence-electron chi connectivity index (χ1n) is 5.47. The highest BCUT2D eigenvalue weighted by Crippen LogP contribution is 2.28. The van der Waals surface area contributed by atoms with Gasteiger partial charge in [0.1, 0.15) is 0 Å². The molecule has 1 aliphatic heterocycles. The van der Waals surface area contributed by atoms with Crippen molar-refractivity contribution in [2.75, 3.05) is 13.1 Å². The highest BCUT2D eigenvalue weighted by atomic mass is 35.5. The largest absolute Gasteiger partial charge is 0.316 e. The monoisotopic (exact) mass is 241 g/mol. The molecule has 0 amide bonds. The van der Waals surface area contributed by atoms with Crippen molar-refractivity contribution in [2.45, 2.75) is 29.4 Å². The predicted octanol–water partition coefficient (Wildman–Crippen LogP) is 3.57. The molecule has 0 bridgehead atoms. The fourth-order valence-electron chi connectivity index (χ4n) is 1.82. The Hall–Kier alpha value is -0.180. The second kappa shape index (κ2) is 5.78. The van der Waals surface area contributed by atoms with Crippen LogP contribution in [0.2, 0.25) is 5.02 Å². The summed E-state index contributed by atoms with van der Waals surface area (Å²) in [6.45, 7) is 2.30. The van der Waals surface area contributed by atoms with Crippen LogP contribution in [0, 0.1) is 0 Å². The topological polar surface area (TPSA) is 12.0 Å². The number of thioether (sulfide) groups is 1. The van der Waals surface area contributed by atoms with Crippen molar-refractivity contribution in [1.29, 1.82) is 0 Å². The van der Waals surface area contributed by atoms with Gasteiger partial charge in [0.05, 0.1) is 0 Å². The van der Waals surface area contributed by atoms with Gasteiger partial charge in [0.15, 0.2) is 0 Å². The first kappa shape index (κ1) is 11.3. The average molecular weight is 242 g/mol. The first-order chi connectivity index (χ1) is 7.34. The van der Waals surface area contributed by atoms with Crippen LogP contribution in [0.5, 0.6) is 0 Å². The summed E-state index contributed by atoms with van der Waals surface area (Å²) >= 11 is 7.91. The second-order valence-corrected chi connectivity index (χ2v) is 5.71. The first-order valence-corrected chi connectivity index (χ1v) is 6.73. The minimum atomic E-state index is 0.700. The zero-order valence-electron chi connectivity index (χ0n) is 8.71. The van der Waals surface area contributed by atoms with Crippen LogP contribution in [0.4, 0.5) is 0 Å². The zero-order valence-corrected chi connectivity index (χ0v) is 10.3. The van der Waals surface area contributed by atoms with Gasteiger partial charge in [-0.05, 0) is 37.6 Å². The van der Waals surface area contributed by atoms with Crippen LogP contribution < -0.4 is 5.32 Å². The summed E-state index contributed by atoms with van der Waals surface area (Å²) in [5, 5.41) is 5.01. The van der Waals surface area contributed by atoms with Gasteiger partial charge in [-0.2, -0.15) is 0 Å². The fraction of sp³-hybridized carbons (Fsp3) is 0.500. The molecule has 1 aliphatic rings. The maximum Gasteiger partial charge on any atom is 0.0417 e. The van der Waals surface area contributed by atoms with Crippen LogP contribution in [-0.2, 0) is 0 Å². The van der Waals surface area contributed by atoms with Crippen LogP contribution >= 0.6 is 23.4 Å². The maximum atomic E-state index is 5.97. The van der Waals surface area contributed by atoms with E-state index in [1.54, 1.807) is 0 Å². The summed E-state index contributed by atoms with van der Waals surface area (Å²) in [5.41, 5.74) is 0. The minimum Gasteiger partial charge on any atom is -0.316 e. The Balaban J connectivity index is 1.95. The Bertz CT molecular complexity index is 308. The van der Waals surface area contributed by atoms with Crippen LogP contribution in [-0.4, -0.2) is 18.3 Å². The fourth-order valence-corrected chi connectivity index (χ4v) is 3.30. The van der Waals surface area contributed by atoms with Gasteiger partial charge >= 0.3 is 0 Å². The van der Waals surface area contributed by atoms with Gasteiger partial charge in [-0.1, -0.05) is 24.1 Å². The van der Waals surface area contributed by atoms with E-state index in [9.17, 15) is 0 Å². The third-order valence-electron chi connectivity index (χ3n) is 2.60. The Morgan fingerprint density at radius 1 is 1.33 bits per heavy atom. The number of benzene rings is 1. The van der Waals surface area contributed by atoms with E-state index in [-0.39, 0.29) is 0 Å². The summed E-state index contributed by atoms with van der Waals surface area (Å²) in [4.78, 5) is 1.29. The molecule has 1 saturated heterocycles. The maximum absolute atomic E-state index is 5.97. The summed E-state index contributed by atoms with van der Waals surface area (Å²) < 4.78 is 0. The van der Waals surface area contributed by atoms with E-state index in [1.165, 1.54) is 30.7 Å². The SMILES string of the molecule is Clc1cccc(SC2CCCCNC2)c1. The average Bonchev–Trinajstić information content (AvgIpc) is 2.46. The molecule has 15 heavy (non-hydrogen) atoms. The number of nitrogens with one attached hydrogen (secondary N) is 1. The van der Waals surface area contributed by atoms with Gasteiger partial charge in [0, 0.05) is 21.7 Å². The standard InChI is InChI=1S/C12H16ClNS/c13-10-4-3-6-11(8-10)15-12-5-1-2-7-14-9-12/h3-4,6,8,12,14H,1-2,5,7,9H2. The molecule has 1 heterocycles. The lowest BCUT2D eigenvalue weighted by molar-refractivity contribution is 0.706. The molecule has 0 aromatic heterocycles. The van der Waals surface area contributed by atoms with Gasteiger partial charge in [-0.15, -0.1) is 11.8 Å². The van der Waals surface area contributed by atoms with Crippen molar-refractivity contribution in [3.63, 3.8) is 0 Å². The van der Waals surface area contributed by atoms with E-state index in [1.807, 2.05) is 23.9 Å². The number of hydrogen-bond acceptors (Lipinski definition) is 2. The van der Waals surface area contributed by atoms with Gasteiger partial charge < -0.3 is 5.32 Å². The lowest BCUT2D eigenvalue weighted by atomic mass is 10.2. The zero-order chi connectivity index (χ0) is 10.5. The highest BCUT2D eigenvalue weighted by Gasteiger charge is 2.12. The van der Waals surface area contributed by atoms with Crippen LogP contribution in [0.1, 0.15) is 19.3 Å². The lowest BCUT2D eigenvalue weighted by Crippen LogP contribution is -2.22. The van der Waals surface area contributed by atoms with Crippen LogP contribution in [0.15, 0.2) is 29.2 Å². The third-order valence-corrected chi connectivity index (χ3v) is 4.10. The van der Waals surface area contributed by atoms with Gasteiger partial charge in [-0.3, -0.25) is 0 Å². The smallest absolute Gasteiger partial charge is 0.0417 e. The Labute approximate surface area is 101 Å². The molecule has 3 heteroatoms. The van der Waals surface area contributed by atoms with Gasteiger partial charge in [0.2, 0.25) is 0 Å². The molecule has 0 aliphatic carbocycles. The quantitative estimate of drug-likeness (QED) is 0.850. The normalized spacial score (nSPS) is 22.3. The van der Waals surface area contributed by atoms with E-state index >= 15 is 0 Å². The molecule has 1 fully saturated rings. The van der Waals surface area contributed by atoms with E-state index in [2.05, 4.69) is 17.4 Å². The molecule has 82 valence electrons. The van der Waals surface area contributed by atoms with Gasteiger partial charge in [0.25, 0.3) is 0 Å². The van der Waals surface area contributed by atoms with Crippen molar-refractivity contribution in [2.24, 2.45) is 0 Å². The molecule has 0 spiro atoms. The summed E-state index contributed by atoms with van der Waals surface area (Å²) in [5.74, 6) is 0. The van der Waals surface area contributed by atoms with Crippen LogP contribution in [0.3, 0.4) is 0 Å². The summed E-state index contributed by atoms with van der Waals surface area (Å²) in [6, 6.07) is 8.14. The van der Waals surface area contributed by atoms with Crippen molar-refractivity contribution >= 4 is 23.4 Å². The molecular formula is C12H16ClNS. The molecular weight excluding hydrogens is 226 g/mol. The van der Waals surface area contributed by atoms with Crippen molar-refractivity contribution in [3.05, 3.63) is 29.3 Å². The van der Waals surface area contributed by atoms with Crippen molar-refractivity contribution < 1.29 is 0 Å². The van der Waals surface area contributed by atoms with Gasteiger partial charge in [-0.25, -0.2) is 0 Å². The molecule has 1 N–H and O–H groups in total. The molecule has 0 radical (unpaired) electrons. The van der Waals surface area contributed by atoms with E-state index in [0.717, 1.165) is 11.6 Å². The van der Waals surface area contributed by atoms with E-state index in [4.69, 9.17) is 11.6 Å². The Morgan fingerprint density at radius 3 is 3.13 bits per heavy atom. The third kappa shape index (κ3) is 3.71. The van der Waals surface area contributed by atoms with Crippen LogP contribution in [0.25, 0.3) is 0 Å². The lowest BCUT2D eigenvalue weighted by Gasteiger charge is -2.13.